The molecule has 2 aromatic rings. The standard InChI is InChI=1S/C15H13BrF3N/c16-11-1-2-15(19)10(6-11)7-14(20)5-9-3-12(17)8-13(18)4-9/h1-4,6,8,14H,5,7,20H2. The molecule has 1 nitrogen and oxygen atoms in total. The lowest BCUT2D eigenvalue weighted by Gasteiger charge is -2.13. The van der Waals surface area contributed by atoms with Crippen molar-refractivity contribution in [2.24, 2.45) is 5.73 Å². The molecule has 0 aliphatic carbocycles. The summed E-state index contributed by atoms with van der Waals surface area (Å²) in [6, 6.07) is 7.48. The highest BCUT2D eigenvalue weighted by atomic mass is 79.9. The number of rotatable bonds is 4. The summed E-state index contributed by atoms with van der Waals surface area (Å²) in [7, 11) is 0. The van der Waals surface area contributed by atoms with Gasteiger partial charge in [0.1, 0.15) is 17.5 Å². The quantitative estimate of drug-likeness (QED) is 0.892. The van der Waals surface area contributed by atoms with E-state index in [-0.39, 0.29) is 12.2 Å². The molecule has 2 aromatic carbocycles. The summed E-state index contributed by atoms with van der Waals surface area (Å²) < 4.78 is 40.5. The minimum Gasteiger partial charge on any atom is -0.327 e. The Hall–Kier alpha value is -1.33. The zero-order chi connectivity index (χ0) is 14.7. The van der Waals surface area contributed by atoms with Gasteiger partial charge in [-0.2, -0.15) is 0 Å². The molecule has 0 radical (unpaired) electrons. The molecule has 0 aromatic heterocycles. The fourth-order valence-corrected chi connectivity index (χ4v) is 2.49. The van der Waals surface area contributed by atoms with Crippen LogP contribution in [0.15, 0.2) is 40.9 Å². The Labute approximate surface area is 123 Å². The van der Waals surface area contributed by atoms with Crippen molar-refractivity contribution in [3.8, 4) is 0 Å². The molecule has 106 valence electrons. The van der Waals surface area contributed by atoms with E-state index in [1.165, 1.54) is 18.2 Å². The molecule has 1 atom stereocenters. The van der Waals surface area contributed by atoms with Crippen molar-refractivity contribution in [1.29, 1.82) is 0 Å². The lowest BCUT2D eigenvalue weighted by atomic mass is 9.99. The normalized spacial score (nSPS) is 12.4. The van der Waals surface area contributed by atoms with E-state index in [0.717, 1.165) is 10.5 Å². The predicted octanol–water partition coefficient (Wildman–Crippen LogP) is 3.98. The van der Waals surface area contributed by atoms with Crippen LogP contribution in [0.1, 0.15) is 11.1 Å². The van der Waals surface area contributed by atoms with Crippen molar-refractivity contribution in [2.45, 2.75) is 18.9 Å². The molecule has 2 rings (SSSR count). The van der Waals surface area contributed by atoms with Crippen LogP contribution >= 0.6 is 15.9 Å². The Morgan fingerprint density at radius 3 is 2.25 bits per heavy atom. The molecule has 1 unspecified atom stereocenters. The van der Waals surface area contributed by atoms with Crippen molar-refractivity contribution < 1.29 is 13.2 Å². The van der Waals surface area contributed by atoms with E-state index in [9.17, 15) is 13.2 Å². The lowest BCUT2D eigenvalue weighted by Crippen LogP contribution is -2.26. The number of benzene rings is 2. The molecule has 2 N–H and O–H groups in total. The van der Waals surface area contributed by atoms with Crippen molar-refractivity contribution in [3.05, 3.63) is 69.4 Å². The fourth-order valence-electron chi connectivity index (χ4n) is 2.09. The highest BCUT2D eigenvalue weighted by molar-refractivity contribution is 9.10. The highest BCUT2D eigenvalue weighted by Crippen LogP contribution is 2.18. The Bertz CT molecular complexity index is 596. The monoisotopic (exact) mass is 343 g/mol. The molecule has 0 fully saturated rings. The second kappa shape index (κ2) is 6.41. The fraction of sp³-hybridized carbons (Fsp3) is 0.200. The lowest BCUT2D eigenvalue weighted by molar-refractivity contribution is 0.567. The summed E-state index contributed by atoms with van der Waals surface area (Å²) >= 11 is 3.27. The van der Waals surface area contributed by atoms with Crippen LogP contribution in [-0.2, 0) is 12.8 Å². The van der Waals surface area contributed by atoms with Gasteiger partial charge >= 0.3 is 0 Å². The van der Waals surface area contributed by atoms with Crippen LogP contribution in [0.25, 0.3) is 0 Å². The van der Waals surface area contributed by atoms with Crippen LogP contribution in [0, 0.1) is 17.5 Å². The first-order chi connectivity index (χ1) is 9.44. The van der Waals surface area contributed by atoms with Gasteiger partial charge in [-0.3, -0.25) is 0 Å². The van der Waals surface area contributed by atoms with Crippen LogP contribution in [0.5, 0.6) is 0 Å². The van der Waals surface area contributed by atoms with Crippen molar-refractivity contribution >= 4 is 15.9 Å². The number of hydrogen-bond acceptors (Lipinski definition) is 1. The van der Waals surface area contributed by atoms with Crippen molar-refractivity contribution in [1.82, 2.24) is 0 Å². The first kappa shape index (κ1) is 15.1. The number of hydrogen-bond donors (Lipinski definition) is 1. The Balaban J connectivity index is 2.08. The first-order valence-electron chi connectivity index (χ1n) is 6.08. The van der Waals surface area contributed by atoms with E-state index in [1.807, 2.05) is 0 Å². The summed E-state index contributed by atoms with van der Waals surface area (Å²) in [4.78, 5) is 0. The molecule has 0 aliphatic heterocycles. The summed E-state index contributed by atoms with van der Waals surface area (Å²) in [5, 5.41) is 0. The Kier molecular flexibility index (Phi) is 4.83. The summed E-state index contributed by atoms with van der Waals surface area (Å²) in [6.07, 6.45) is 0.573. The van der Waals surface area contributed by atoms with Gasteiger partial charge in [0.2, 0.25) is 0 Å². The van der Waals surface area contributed by atoms with Gasteiger partial charge in [-0.05, 0) is 54.3 Å². The highest BCUT2D eigenvalue weighted by Gasteiger charge is 2.11. The zero-order valence-corrected chi connectivity index (χ0v) is 12.1. The summed E-state index contributed by atoms with van der Waals surface area (Å²) in [5.41, 5.74) is 6.87. The second-order valence-electron chi connectivity index (χ2n) is 4.68. The first-order valence-corrected chi connectivity index (χ1v) is 6.88. The van der Waals surface area contributed by atoms with Gasteiger partial charge in [-0.25, -0.2) is 13.2 Å². The minimum atomic E-state index is -0.638. The third-order valence-electron chi connectivity index (χ3n) is 2.91. The zero-order valence-electron chi connectivity index (χ0n) is 10.5. The molecule has 0 heterocycles. The smallest absolute Gasteiger partial charge is 0.126 e. The molecule has 0 saturated heterocycles. The van der Waals surface area contributed by atoms with Crippen LogP contribution in [0.2, 0.25) is 0 Å². The van der Waals surface area contributed by atoms with Gasteiger partial charge in [0, 0.05) is 16.6 Å². The average Bonchev–Trinajstić information content (AvgIpc) is 2.32. The maximum Gasteiger partial charge on any atom is 0.126 e. The predicted molar refractivity (Wildman–Crippen MR) is 75.8 cm³/mol. The largest absolute Gasteiger partial charge is 0.327 e. The van der Waals surface area contributed by atoms with E-state index < -0.39 is 17.7 Å². The molecule has 0 bridgehead atoms. The van der Waals surface area contributed by atoms with Gasteiger partial charge in [-0.15, -0.1) is 0 Å². The Morgan fingerprint density at radius 1 is 0.950 bits per heavy atom. The summed E-state index contributed by atoms with van der Waals surface area (Å²) in [6.45, 7) is 0. The van der Waals surface area contributed by atoms with Crippen LogP contribution in [0.3, 0.4) is 0 Å². The van der Waals surface area contributed by atoms with Gasteiger partial charge in [0.15, 0.2) is 0 Å². The van der Waals surface area contributed by atoms with Gasteiger partial charge in [0.25, 0.3) is 0 Å². The van der Waals surface area contributed by atoms with Crippen LogP contribution in [0.4, 0.5) is 13.2 Å². The van der Waals surface area contributed by atoms with Crippen molar-refractivity contribution in [3.63, 3.8) is 0 Å². The van der Waals surface area contributed by atoms with Gasteiger partial charge < -0.3 is 5.73 Å². The molecular weight excluding hydrogens is 331 g/mol. The molecule has 20 heavy (non-hydrogen) atoms. The molecule has 0 amide bonds. The van der Waals surface area contributed by atoms with E-state index in [2.05, 4.69) is 15.9 Å². The SMILES string of the molecule is NC(Cc1cc(F)cc(F)c1)Cc1cc(Br)ccc1F. The molecule has 0 saturated carbocycles. The Morgan fingerprint density at radius 2 is 1.60 bits per heavy atom. The third-order valence-corrected chi connectivity index (χ3v) is 3.40. The maximum absolute atomic E-state index is 13.6. The van der Waals surface area contributed by atoms with E-state index in [4.69, 9.17) is 5.73 Å². The van der Waals surface area contributed by atoms with E-state index >= 15 is 0 Å². The topological polar surface area (TPSA) is 26.0 Å². The number of nitrogens with two attached hydrogens (primary N) is 1. The molecular formula is C15H13BrF3N. The number of halogens is 4. The molecule has 5 heteroatoms. The van der Waals surface area contributed by atoms with Gasteiger partial charge in [-0.1, -0.05) is 15.9 Å². The minimum absolute atomic E-state index is 0.278. The van der Waals surface area contributed by atoms with E-state index in [0.29, 0.717) is 17.5 Å². The molecule has 0 aliphatic rings. The molecule has 0 spiro atoms. The van der Waals surface area contributed by atoms with Crippen LogP contribution < -0.4 is 5.73 Å². The second-order valence-corrected chi connectivity index (χ2v) is 5.60. The van der Waals surface area contributed by atoms with E-state index in [1.54, 1.807) is 12.1 Å². The van der Waals surface area contributed by atoms with Crippen LogP contribution in [-0.4, -0.2) is 6.04 Å². The van der Waals surface area contributed by atoms with Crippen molar-refractivity contribution in [2.75, 3.05) is 0 Å². The maximum atomic E-state index is 13.6. The summed E-state index contributed by atoms with van der Waals surface area (Å²) in [5.74, 6) is -1.62. The van der Waals surface area contributed by atoms with Gasteiger partial charge in [0.05, 0.1) is 0 Å². The third kappa shape index (κ3) is 4.08. The average molecular weight is 344 g/mol.